The van der Waals surface area contributed by atoms with E-state index in [2.05, 4.69) is 5.32 Å². The average Bonchev–Trinajstić information content (AvgIpc) is 2.77. The largest absolute Gasteiger partial charge is 0.497 e. The fraction of sp³-hybridized carbons (Fsp3) is 0.208. The Morgan fingerprint density at radius 2 is 1.40 bits per heavy atom. The third-order valence-corrected chi connectivity index (χ3v) is 4.88. The van der Waals surface area contributed by atoms with Gasteiger partial charge in [-0.2, -0.15) is 0 Å². The van der Waals surface area contributed by atoms with Crippen molar-refractivity contribution < 1.29 is 13.9 Å². The van der Waals surface area contributed by atoms with Gasteiger partial charge in [0.15, 0.2) is 5.11 Å². The fourth-order valence-corrected chi connectivity index (χ4v) is 3.21. The van der Waals surface area contributed by atoms with Crippen LogP contribution in [0.15, 0.2) is 72.8 Å². The van der Waals surface area contributed by atoms with Crippen LogP contribution in [-0.4, -0.2) is 23.7 Å². The van der Waals surface area contributed by atoms with E-state index in [4.69, 9.17) is 21.7 Å². The van der Waals surface area contributed by atoms with Crippen molar-refractivity contribution in [1.82, 2.24) is 4.90 Å². The summed E-state index contributed by atoms with van der Waals surface area (Å²) in [5, 5.41) is 3.87. The maximum Gasteiger partial charge on any atom is 0.174 e. The summed E-state index contributed by atoms with van der Waals surface area (Å²) in [5.74, 6) is 1.37. The van der Waals surface area contributed by atoms with E-state index >= 15 is 0 Å². The van der Waals surface area contributed by atoms with Gasteiger partial charge in [-0.3, -0.25) is 0 Å². The van der Waals surface area contributed by atoms with E-state index in [-0.39, 0.29) is 5.82 Å². The first-order chi connectivity index (χ1) is 14.6. The summed E-state index contributed by atoms with van der Waals surface area (Å²) in [6.07, 6.45) is 0. The zero-order chi connectivity index (χ0) is 21.3. The normalized spacial score (nSPS) is 10.4. The van der Waals surface area contributed by atoms with E-state index in [1.807, 2.05) is 60.4 Å². The zero-order valence-electron chi connectivity index (χ0n) is 17.1. The van der Waals surface area contributed by atoms with Gasteiger partial charge in [0.25, 0.3) is 0 Å². The fourth-order valence-electron chi connectivity index (χ4n) is 2.96. The zero-order valence-corrected chi connectivity index (χ0v) is 17.9. The van der Waals surface area contributed by atoms with Crippen molar-refractivity contribution in [2.24, 2.45) is 0 Å². The van der Waals surface area contributed by atoms with Gasteiger partial charge in [-0.05, 0) is 78.8 Å². The molecule has 0 atom stereocenters. The summed E-state index contributed by atoms with van der Waals surface area (Å²) >= 11 is 5.70. The molecule has 0 amide bonds. The van der Waals surface area contributed by atoms with Gasteiger partial charge in [-0.1, -0.05) is 24.3 Å². The van der Waals surface area contributed by atoms with E-state index < -0.39 is 0 Å². The highest BCUT2D eigenvalue weighted by Gasteiger charge is 2.12. The molecule has 0 spiro atoms. The first kappa shape index (κ1) is 21.6. The van der Waals surface area contributed by atoms with Crippen LogP contribution in [0.4, 0.5) is 10.1 Å². The van der Waals surface area contributed by atoms with Crippen molar-refractivity contribution >= 4 is 23.0 Å². The quantitative estimate of drug-likeness (QED) is 0.474. The number of ether oxygens (including phenoxy) is 2. The number of nitrogens with one attached hydrogen (secondary N) is 1. The molecule has 0 heterocycles. The predicted octanol–water partition coefficient (Wildman–Crippen LogP) is 5.63. The average molecular weight is 425 g/mol. The molecular weight excluding hydrogens is 399 g/mol. The van der Waals surface area contributed by atoms with Gasteiger partial charge >= 0.3 is 0 Å². The molecule has 0 radical (unpaired) electrons. The third-order valence-electron chi connectivity index (χ3n) is 4.52. The molecule has 156 valence electrons. The highest BCUT2D eigenvalue weighted by atomic mass is 32.1. The molecular formula is C24H25FN2O2S. The summed E-state index contributed by atoms with van der Waals surface area (Å²) in [6, 6.07) is 22.0. The molecule has 3 aromatic carbocycles. The van der Waals surface area contributed by atoms with E-state index in [0.29, 0.717) is 24.8 Å². The van der Waals surface area contributed by atoms with Crippen LogP contribution in [0.25, 0.3) is 0 Å². The smallest absolute Gasteiger partial charge is 0.174 e. The molecule has 0 aliphatic heterocycles. The van der Waals surface area contributed by atoms with Crippen molar-refractivity contribution in [2.45, 2.75) is 20.0 Å². The lowest BCUT2D eigenvalue weighted by molar-refractivity contribution is 0.340. The van der Waals surface area contributed by atoms with Gasteiger partial charge in [0.2, 0.25) is 0 Å². The van der Waals surface area contributed by atoms with Gasteiger partial charge < -0.3 is 19.7 Å². The van der Waals surface area contributed by atoms with Crippen LogP contribution in [0, 0.1) is 5.82 Å². The Morgan fingerprint density at radius 3 is 1.93 bits per heavy atom. The maximum absolute atomic E-state index is 13.3. The van der Waals surface area contributed by atoms with Gasteiger partial charge in [0, 0.05) is 18.8 Å². The van der Waals surface area contributed by atoms with Gasteiger partial charge in [0.1, 0.15) is 17.3 Å². The molecule has 0 aromatic heterocycles. The third kappa shape index (κ3) is 6.19. The predicted molar refractivity (Wildman–Crippen MR) is 122 cm³/mol. The van der Waals surface area contributed by atoms with Crippen molar-refractivity contribution in [3.8, 4) is 11.5 Å². The molecule has 6 heteroatoms. The summed E-state index contributed by atoms with van der Waals surface area (Å²) in [4.78, 5) is 2.04. The summed E-state index contributed by atoms with van der Waals surface area (Å²) in [6.45, 7) is 3.73. The van der Waals surface area contributed by atoms with Crippen LogP contribution in [-0.2, 0) is 13.1 Å². The van der Waals surface area contributed by atoms with Crippen LogP contribution in [0.1, 0.15) is 18.1 Å². The molecule has 0 unspecified atom stereocenters. The highest BCUT2D eigenvalue weighted by Crippen LogP contribution is 2.19. The first-order valence-electron chi connectivity index (χ1n) is 9.73. The number of anilines is 1. The van der Waals surface area contributed by atoms with E-state index in [9.17, 15) is 4.39 Å². The number of methoxy groups -OCH3 is 1. The van der Waals surface area contributed by atoms with Crippen LogP contribution >= 0.6 is 12.2 Å². The van der Waals surface area contributed by atoms with Crippen LogP contribution in [0.2, 0.25) is 0 Å². The monoisotopic (exact) mass is 424 g/mol. The molecule has 0 fully saturated rings. The summed E-state index contributed by atoms with van der Waals surface area (Å²) in [5.41, 5.74) is 2.94. The van der Waals surface area contributed by atoms with Crippen molar-refractivity contribution in [3.63, 3.8) is 0 Å². The summed E-state index contributed by atoms with van der Waals surface area (Å²) in [7, 11) is 1.64. The lowest BCUT2D eigenvalue weighted by Gasteiger charge is -2.26. The molecule has 4 nitrogen and oxygen atoms in total. The molecule has 0 saturated carbocycles. The van der Waals surface area contributed by atoms with E-state index in [0.717, 1.165) is 28.3 Å². The SMILES string of the molecule is CCOc1ccc(NC(=S)N(Cc2ccc(F)cc2)Cc2ccc(OC)cc2)cc1. The minimum Gasteiger partial charge on any atom is -0.497 e. The molecule has 1 N–H and O–H groups in total. The van der Waals surface area contributed by atoms with Gasteiger partial charge in [-0.15, -0.1) is 0 Å². The number of hydrogen-bond acceptors (Lipinski definition) is 3. The maximum atomic E-state index is 13.3. The molecule has 3 rings (SSSR count). The Labute approximate surface area is 182 Å². The lowest BCUT2D eigenvalue weighted by Crippen LogP contribution is -2.33. The second kappa shape index (κ2) is 10.6. The minimum atomic E-state index is -0.254. The number of thiocarbonyl (C=S) groups is 1. The van der Waals surface area contributed by atoms with Crippen molar-refractivity contribution in [3.05, 3.63) is 89.7 Å². The Kier molecular flexibility index (Phi) is 7.63. The number of halogens is 1. The molecule has 3 aromatic rings. The highest BCUT2D eigenvalue weighted by molar-refractivity contribution is 7.80. The number of rotatable bonds is 8. The van der Waals surface area contributed by atoms with E-state index in [1.54, 1.807) is 19.2 Å². The summed E-state index contributed by atoms with van der Waals surface area (Å²) < 4.78 is 24.0. The van der Waals surface area contributed by atoms with E-state index in [1.165, 1.54) is 12.1 Å². The number of benzene rings is 3. The molecule has 0 aliphatic rings. The molecule has 30 heavy (non-hydrogen) atoms. The minimum absolute atomic E-state index is 0.254. The topological polar surface area (TPSA) is 33.7 Å². The second-order valence-electron chi connectivity index (χ2n) is 6.72. The first-order valence-corrected chi connectivity index (χ1v) is 10.1. The lowest BCUT2D eigenvalue weighted by atomic mass is 10.1. The van der Waals surface area contributed by atoms with Gasteiger partial charge in [0.05, 0.1) is 13.7 Å². The Hall–Kier alpha value is -3.12. The molecule has 0 aliphatic carbocycles. The van der Waals surface area contributed by atoms with Crippen molar-refractivity contribution in [2.75, 3.05) is 19.0 Å². The van der Waals surface area contributed by atoms with Crippen LogP contribution in [0.5, 0.6) is 11.5 Å². The van der Waals surface area contributed by atoms with Crippen LogP contribution < -0.4 is 14.8 Å². The number of nitrogens with zero attached hydrogens (tertiary/aromatic N) is 1. The molecule has 0 bridgehead atoms. The standard InChI is InChI=1S/C24H25FN2O2S/c1-3-29-23-14-10-21(11-15-23)26-24(30)27(16-18-4-8-20(25)9-5-18)17-19-6-12-22(28-2)13-7-19/h4-15H,3,16-17H2,1-2H3,(H,26,30). The Balaban J connectivity index is 1.75. The van der Waals surface area contributed by atoms with Crippen molar-refractivity contribution in [1.29, 1.82) is 0 Å². The van der Waals surface area contributed by atoms with Gasteiger partial charge in [-0.25, -0.2) is 4.39 Å². The Bertz CT molecular complexity index is 944. The Morgan fingerprint density at radius 1 is 0.867 bits per heavy atom. The number of hydrogen-bond donors (Lipinski definition) is 1. The second-order valence-corrected chi connectivity index (χ2v) is 7.10. The molecule has 0 saturated heterocycles. The van der Waals surface area contributed by atoms with Crippen LogP contribution in [0.3, 0.4) is 0 Å².